The van der Waals surface area contributed by atoms with Crippen LogP contribution >= 0.6 is 0 Å². The van der Waals surface area contributed by atoms with Gasteiger partial charge in [-0.1, -0.05) is 84.9 Å². The van der Waals surface area contributed by atoms with Gasteiger partial charge in [-0.15, -0.1) is 0 Å². The van der Waals surface area contributed by atoms with E-state index in [1.54, 1.807) is 60.7 Å². The van der Waals surface area contributed by atoms with Crippen molar-refractivity contribution < 1.29 is 14.4 Å². The molecule has 5 heteroatoms. The molecule has 0 saturated heterocycles. The highest BCUT2D eigenvalue weighted by Gasteiger charge is 2.11. The summed E-state index contributed by atoms with van der Waals surface area (Å²) in [6.07, 6.45) is 6.34. The Bertz CT molecular complexity index is 1320. The molecular weight excluding hydrogens is 448 g/mol. The number of ketones is 1. The molecule has 0 aliphatic carbocycles. The first-order chi connectivity index (χ1) is 17.6. The van der Waals surface area contributed by atoms with E-state index in [9.17, 15) is 14.4 Å². The number of hydrogen-bond donors (Lipinski definition) is 2. The summed E-state index contributed by atoms with van der Waals surface area (Å²) >= 11 is 0. The van der Waals surface area contributed by atoms with Crippen LogP contribution in [0.15, 0.2) is 121 Å². The summed E-state index contributed by atoms with van der Waals surface area (Å²) in [7, 11) is 0. The van der Waals surface area contributed by atoms with Crippen molar-refractivity contribution in [2.45, 2.75) is 0 Å². The Morgan fingerprint density at radius 3 is 1.33 bits per heavy atom. The van der Waals surface area contributed by atoms with Gasteiger partial charge >= 0.3 is 0 Å². The minimum Gasteiger partial charge on any atom is -0.322 e. The number of rotatable bonds is 8. The van der Waals surface area contributed by atoms with Crippen molar-refractivity contribution in [3.05, 3.63) is 144 Å². The standard InChI is InChI=1S/C31H24N2O3/c34-29(19-17-23-9-3-1-4-10-23)32-27-15-7-13-25(21-27)31(36)26-14-8-16-28(22-26)33-30(35)20-18-24-11-5-2-6-12-24/h1-22H,(H,32,34)(H,33,35)/b19-17+,20-18+. The van der Waals surface area contributed by atoms with E-state index in [2.05, 4.69) is 10.6 Å². The van der Waals surface area contributed by atoms with E-state index in [1.165, 1.54) is 12.2 Å². The summed E-state index contributed by atoms with van der Waals surface area (Å²) in [5, 5.41) is 5.56. The molecule has 0 atom stereocenters. The Hall–Kier alpha value is -5.03. The lowest BCUT2D eigenvalue weighted by atomic mass is 10.0. The lowest BCUT2D eigenvalue weighted by molar-refractivity contribution is -0.112. The molecule has 0 bridgehead atoms. The zero-order valence-electron chi connectivity index (χ0n) is 19.4. The number of carbonyl (C=O) groups is 3. The van der Waals surface area contributed by atoms with E-state index in [1.807, 2.05) is 60.7 Å². The molecule has 0 spiro atoms. The fraction of sp³-hybridized carbons (Fsp3) is 0. The van der Waals surface area contributed by atoms with Crippen molar-refractivity contribution in [3.63, 3.8) is 0 Å². The highest BCUT2D eigenvalue weighted by Crippen LogP contribution is 2.18. The molecule has 2 amide bonds. The van der Waals surface area contributed by atoms with Crippen LogP contribution in [0.2, 0.25) is 0 Å². The second kappa shape index (κ2) is 11.9. The van der Waals surface area contributed by atoms with Crippen LogP contribution in [0.1, 0.15) is 27.0 Å². The average molecular weight is 473 g/mol. The maximum Gasteiger partial charge on any atom is 0.248 e. The number of anilines is 2. The topological polar surface area (TPSA) is 75.3 Å². The van der Waals surface area contributed by atoms with Crippen molar-refractivity contribution in [1.29, 1.82) is 0 Å². The molecular formula is C31H24N2O3. The van der Waals surface area contributed by atoms with Gasteiger partial charge in [0.2, 0.25) is 11.8 Å². The molecule has 0 heterocycles. The van der Waals surface area contributed by atoms with Gasteiger partial charge in [0.15, 0.2) is 5.78 Å². The summed E-state index contributed by atoms with van der Waals surface area (Å²) in [6.45, 7) is 0. The second-order valence-corrected chi connectivity index (χ2v) is 7.96. The Labute approximate surface area is 209 Å². The largest absolute Gasteiger partial charge is 0.322 e. The maximum atomic E-state index is 13.1. The predicted molar refractivity (Wildman–Crippen MR) is 145 cm³/mol. The van der Waals surface area contributed by atoms with Gasteiger partial charge in [0, 0.05) is 34.7 Å². The first-order valence-electron chi connectivity index (χ1n) is 11.4. The predicted octanol–water partition coefficient (Wildman–Crippen LogP) is 6.22. The quantitative estimate of drug-likeness (QED) is 0.236. The minimum absolute atomic E-state index is 0.221. The first-order valence-corrected chi connectivity index (χ1v) is 11.4. The molecule has 2 N–H and O–H groups in total. The van der Waals surface area contributed by atoms with Crippen LogP contribution in [0.25, 0.3) is 12.2 Å². The Morgan fingerprint density at radius 1 is 0.500 bits per heavy atom. The van der Waals surface area contributed by atoms with Gasteiger partial charge in [0.1, 0.15) is 0 Å². The van der Waals surface area contributed by atoms with E-state index in [0.29, 0.717) is 22.5 Å². The van der Waals surface area contributed by atoms with Gasteiger partial charge in [-0.2, -0.15) is 0 Å². The summed E-state index contributed by atoms with van der Waals surface area (Å²) in [6, 6.07) is 32.5. The molecule has 0 aromatic heterocycles. The van der Waals surface area contributed by atoms with Crippen molar-refractivity contribution in [2.75, 3.05) is 10.6 Å². The Morgan fingerprint density at radius 2 is 0.917 bits per heavy atom. The lowest BCUT2D eigenvalue weighted by Crippen LogP contribution is -2.10. The summed E-state index contributed by atoms with van der Waals surface area (Å²) in [5.41, 5.74) is 3.70. The molecule has 0 saturated carbocycles. The Kier molecular flexibility index (Phi) is 7.97. The summed E-state index contributed by atoms with van der Waals surface area (Å²) in [5.74, 6) is -0.810. The van der Waals surface area contributed by atoms with Crippen LogP contribution in [0.3, 0.4) is 0 Å². The van der Waals surface area contributed by atoms with Crippen LogP contribution in [-0.4, -0.2) is 17.6 Å². The van der Waals surface area contributed by atoms with Crippen LogP contribution < -0.4 is 10.6 Å². The number of hydrogen-bond acceptors (Lipinski definition) is 3. The van der Waals surface area contributed by atoms with Crippen LogP contribution in [0, 0.1) is 0 Å². The Balaban J connectivity index is 1.41. The molecule has 4 rings (SSSR count). The zero-order chi connectivity index (χ0) is 25.2. The molecule has 4 aromatic carbocycles. The van der Waals surface area contributed by atoms with E-state index in [-0.39, 0.29) is 17.6 Å². The van der Waals surface area contributed by atoms with Gasteiger partial charge in [-0.3, -0.25) is 14.4 Å². The maximum absolute atomic E-state index is 13.1. The third-order valence-corrected chi connectivity index (χ3v) is 5.24. The van der Waals surface area contributed by atoms with E-state index < -0.39 is 0 Å². The first kappa shape index (κ1) is 24.1. The molecule has 0 radical (unpaired) electrons. The molecule has 4 aromatic rings. The summed E-state index contributed by atoms with van der Waals surface area (Å²) < 4.78 is 0. The molecule has 0 unspecified atom stereocenters. The van der Waals surface area contributed by atoms with Crippen LogP contribution in [0.4, 0.5) is 11.4 Å². The van der Waals surface area contributed by atoms with Gasteiger partial charge in [-0.25, -0.2) is 0 Å². The highest BCUT2D eigenvalue weighted by atomic mass is 16.2. The highest BCUT2D eigenvalue weighted by molar-refractivity contribution is 6.11. The minimum atomic E-state index is -0.295. The number of amides is 2. The molecule has 5 nitrogen and oxygen atoms in total. The monoisotopic (exact) mass is 472 g/mol. The normalized spacial score (nSPS) is 10.9. The molecule has 0 aliphatic heterocycles. The van der Waals surface area contributed by atoms with Gasteiger partial charge < -0.3 is 10.6 Å². The van der Waals surface area contributed by atoms with Gasteiger partial charge in [0.05, 0.1) is 0 Å². The second-order valence-electron chi connectivity index (χ2n) is 7.96. The van der Waals surface area contributed by atoms with Crippen LogP contribution in [-0.2, 0) is 9.59 Å². The van der Waals surface area contributed by atoms with Crippen molar-refractivity contribution in [2.24, 2.45) is 0 Å². The lowest BCUT2D eigenvalue weighted by Gasteiger charge is -2.08. The zero-order valence-corrected chi connectivity index (χ0v) is 19.4. The third kappa shape index (κ3) is 6.98. The molecule has 0 aliphatic rings. The van der Waals surface area contributed by atoms with Crippen molar-refractivity contribution in [1.82, 2.24) is 0 Å². The molecule has 176 valence electrons. The van der Waals surface area contributed by atoms with Crippen LogP contribution in [0.5, 0.6) is 0 Å². The number of benzene rings is 4. The average Bonchev–Trinajstić information content (AvgIpc) is 2.92. The third-order valence-electron chi connectivity index (χ3n) is 5.24. The van der Waals surface area contributed by atoms with E-state index in [4.69, 9.17) is 0 Å². The number of carbonyl (C=O) groups excluding carboxylic acids is 3. The SMILES string of the molecule is O=C(/C=C/c1ccccc1)Nc1cccc(C(=O)c2cccc(NC(=O)/C=C/c3ccccc3)c2)c1. The van der Waals surface area contributed by atoms with Gasteiger partial charge in [0.25, 0.3) is 0 Å². The summed E-state index contributed by atoms with van der Waals surface area (Å²) in [4.78, 5) is 37.7. The molecule has 0 fully saturated rings. The van der Waals surface area contributed by atoms with Gasteiger partial charge in [-0.05, 0) is 47.5 Å². The van der Waals surface area contributed by atoms with Crippen molar-refractivity contribution >= 4 is 41.1 Å². The fourth-order valence-corrected chi connectivity index (χ4v) is 3.48. The smallest absolute Gasteiger partial charge is 0.248 e. The van der Waals surface area contributed by atoms with E-state index >= 15 is 0 Å². The molecule has 36 heavy (non-hydrogen) atoms. The fourth-order valence-electron chi connectivity index (χ4n) is 3.48. The van der Waals surface area contributed by atoms with Crippen molar-refractivity contribution in [3.8, 4) is 0 Å². The number of nitrogens with one attached hydrogen (secondary N) is 2. The van der Waals surface area contributed by atoms with E-state index in [0.717, 1.165) is 11.1 Å².